The maximum atomic E-state index is 3.53. The Morgan fingerprint density at radius 2 is 1.64 bits per heavy atom. The molecule has 0 radical (unpaired) electrons. The highest BCUT2D eigenvalue weighted by atomic mass is 79.9. The van der Waals surface area contributed by atoms with Crippen LogP contribution in [0.25, 0.3) is 16.6 Å². The summed E-state index contributed by atoms with van der Waals surface area (Å²) in [4.78, 5) is 2.47. The first-order chi connectivity index (χ1) is 10.8. The molecule has 0 aliphatic carbocycles. The molecule has 0 bridgehead atoms. The molecule has 1 N–H and O–H groups in total. The molecule has 1 aromatic heterocycles. The molecule has 0 saturated carbocycles. The summed E-state index contributed by atoms with van der Waals surface area (Å²) < 4.78 is 3.48. The molecule has 0 spiro atoms. The maximum absolute atomic E-state index is 3.53. The van der Waals surface area contributed by atoms with Crippen molar-refractivity contribution in [1.82, 2.24) is 9.88 Å². The van der Waals surface area contributed by atoms with E-state index >= 15 is 0 Å². The molecular weight excluding hydrogens is 338 g/mol. The van der Waals surface area contributed by atoms with Crippen LogP contribution < -0.4 is 10.2 Å². The Morgan fingerprint density at radius 3 is 2.41 bits per heavy atom. The molecular formula is C18H18BrN3. The first kappa shape index (κ1) is 13.9. The summed E-state index contributed by atoms with van der Waals surface area (Å²) in [6.07, 6.45) is 0. The number of halogens is 1. The lowest BCUT2D eigenvalue weighted by atomic mass is 10.2. The third kappa shape index (κ3) is 2.42. The zero-order valence-electron chi connectivity index (χ0n) is 12.3. The molecule has 4 rings (SSSR count). The van der Waals surface area contributed by atoms with Gasteiger partial charge < -0.3 is 10.2 Å². The van der Waals surface area contributed by atoms with Gasteiger partial charge in [-0.25, -0.2) is 0 Å². The molecule has 4 heteroatoms. The van der Waals surface area contributed by atoms with Crippen molar-refractivity contribution in [1.29, 1.82) is 0 Å². The minimum atomic E-state index is 1.04. The Hall–Kier alpha value is -1.78. The monoisotopic (exact) mass is 355 g/mol. The van der Waals surface area contributed by atoms with E-state index < -0.39 is 0 Å². The fraction of sp³-hybridized carbons (Fsp3) is 0.222. The number of para-hydroxylation sites is 1. The number of rotatable bonds is 2. The second-order valence-electron chi connectivity index (χ2n) is 5.61. The fourth-order valence-electron chi connectivity index (χ4n) is 3.13. The van der Waals surface area contributed by atoms with Gasteiger partial charge >= 0.3 is 0 Å². The fourth-order valence-corrected chi connectivity index (χ4v) is 3.39. The molecule has 22 heavy (non-hydrogen) atoms. The normalized spacial score (nSPS) is 15.4. The Balaban J connectivity index is 1.91. The molecule has 3 aromatic rings. The number of nitrogens with one attached hydrogen (secondary N) is 1. The minimum Gasteiger partial charge on any atom is -0.355 e. The van der Waals surface area contributed by atoms with E-state index in [4.69, 9.17) is 0 Å². The quantitative estimate of drug-likeness (QED) is 0.754. The number of nitrogens with zero attached hydrogens (tertiary/aromatic N) is 2. The van der Waals surface area contributed by atoms with Crippen LogP contribution in [0.2, 0.25) is 0 Å². The van der Waals surface area contributed by atoms with E-state index in [-0.39, 0.29) is 0 Å². The average Bonchev–Trinajstić information content (AvgIpc) is 2.96. The Morgan fingerprint density at radius 1 is 0.909 bits per heavy atom. The van der Waals surface area contributed by atoms with Gasteiger partial charge in [0.05, 0.1) is 5.52 Å². The Kier molecular flexibility index (Phi) is 3.64. The van der Waals surface area contributed by atoms with Gasteiger partial charge in [0.1, 0.15) is 5.82 Å². The van der Waals surface area contributed by atoms with E-state index in [9.17, 15) is 0 Å². The van der Waals surface area contributed by atoms with Gasteiger partial charge in [-0.3, -0.25) is 4.57 Å². The van der Waals surface area contributed by atoms with Crippen LogP contribution in [0.15, 0.2) is 59.1 Å². The summed E-state index contributed by atoms with van der Waals surface area (Å²) in [5, 5.41) is 4.72. The molecule has 2 aromatic carbocycles. The third-order valence-corrected chi connectivity index (χ3v) is 4.75. The lowest BCUT2D eigenvalue weighted by Gasteiger charge is -2.30. The minimum absolute atomic E-state index is 1.04. The van der Waals surface area contributed by atoms with Gasteiger partial charge in [0, 0.05) is 41.7 Å². The van der Waals surface area contributed by atoms with Gasteiger partial charge in [0.25, 0.3) is 0 Å². The lowest BCUT2D eigenvalue weighted by molar-refractivity contribution is 0.583. The van der Waals surface area contributed by atoms with E-state index in [0.717, 1.165) is 30.7 Å². The summed E-state index contributed by atoms with van der Waals surface area (Å²) in [5.41, 5.74) is 2.47. The topological polar surface area (TPSA) is 20.2 Å². The van der Waals surface area contributed by atoms with Crippen LogP contribution in [-0.4, -0.2) is 30.7 Å². The lowest BCUT2D eigenvalue weighted by Crippen LogP contribution is -2.44. The highest BCUT2D eigenvalue weighted by Crippen LogP contribution is 2.31. The van der Waals surface area contributed by atoms with Gasteiger partial charge in [-0.2, -0.15) is 0 Å². The van der Waals surface area contributed by atoms with Crippen molar-refractivity contribution in [3.63, 3.8) is 0 Å². The van der Waals surface area contributed by atoms with E-state index in [1.165, 1.54) is 22.4 Å². The smallest absolute Gasteiger partial charge is 0.114 e. The SMILES string of the molecule is Brc1ccc(-n2c(N3CCNCC3)cc3ccccc32)cc1. The number of fused-ring (bicyclic) bond motifs is 1. The van der Waals surface area contributed by atoms with Gasteiger partial charge in [0.15, 0.2) is 0 Å². The number of hydrogen-bond acceptors (Lipinski definition) is 2. The van der Waals surface area contributed by atoms with Crippen molar-refractivity contribution in [2.75, 3.05) is 31.1 Å². The zero-order chi connectivity index (χ0) is 14.9. The van der Waals surface area contributed by atoms with Crippen molar-refractivity contribution in [2.24, 2.45) is 0 Å². The first-order valence-electron chi connectivity index (χ1n) is 7.65. The predicted molar refractivity (Wildman–Crippen MR) is 96.1 cm³/mol. The summed E-state index contributed by atoms with van der Waals surface area (Å²) in [5.74, 6) is 1.28. The molecule has 2 heterocycles. The van der Waals surface area contributed by atoms with Crippen LogP contribution in [0.3, 0.4) is 0 Å². The van der Waals surface area contributed by atoms with Crippen LogP contribution in [0.4, 0.5) is 5.82 Å². The largest absolute Gasteiger partial charge is 0.355 e. The highest BCUT2D eigenvalue weighted by molar-refractivity contribution is 9.10. The summed E-state index contributed by atoms with van der Waals surface area (Å²) in [7, 11) is 0. The van der Waals surface area contributed by atoms with Crippen molar-refractivity contribution < 1.29 is 0 Å². The van der Waals surface area contributed by atoms with Crippen LogP contribution in [-0.2, 0) is 0 Å². The standard InChI is InChI=1S/C18H18BrN3/c19-15-5-7-16(8-6-15)22-17-4-2-1-3-14(17)13-18(22)21-11-9-20-10-12-21/h1-8,13,20H,9-12H2. The molecule has 112 valence electrons. The first-order valence-corrected chi connectivity index (χ1v) is 8.44. The van der Waals surface area contributed by atoms with Crippen molar-refractivity contribution in [3.05, 3.63) is 59.1 Å². The molecule has 0 unspecified atom stereocenters. The number of hydrogen-bond donors (Lipinski definition) is 1. The summed E-state index contributed by atoms with van der Waals surface area (Å²) in [6.45, 7) is 4.18. The number of aromatic nitrogens is 1. The van der Waals surface area contributed by atoms with E-state index in [2.05, 4.69) is 85.3 Å². The van der Waals surface area contributed by atoms with Crippen molar-refractivity contribution in [2.45, 2.75) is 0 Å². The van der Waals surface area contributed by atoms with E-state index in [1.54, 1.807) is 0 Å². The number of benzene rings is 2. The molecule has 3 nitrogen and oxygen atoms in total. The third-order valence-electron chi connectivity index (χ3n) is 4.22. The summed E-state index contributed by atoms with van der Waals surface area (Å²) in [6, 6.07) is 19.5. The van der Waals surface area contributed by atoms with Gasteiger partial charge in [-0.05, 0) is 36.4 Å². The van der Waals surface area contributed by atoms with Crippen molar-refractivity contribution in [3.8, 4) is 5.69 Å². The second-order valence-corrected chi connectivity index (χ2v) is 6.53. The molecule has 1 saturated heterocycles. The number of piperazine rings is 1. The maximum Gasteiger partial charge on any atom is 0.114 e. The van der Waals surface area contributed by atoms with Gasteiger partial charge in [0.2, 0.25) is 0 Å². The van der Waals surface area contributed by atoms with E-state index in [0.29, 0.717) is 0 Å². The predicted octanol–water partition coefficient (Wildman–Crippen LogP) is 3.80. The number of anilines is 1. The average molecular weight is 356 g/mol. The zero-order valence-corrected chi connectivity index (χ0v) is 13.9. The second kappa shape index (κ2) is 5.78. The van der Waals surface area contributed by atoms with Crippen LogP contribution >= 0.6 is 15.9 Å². The van der Waals surface area contributed by atoms with E-state index in [1.807, 2.05) is 0 Å². The van der Waals surface area contributed by atoms with Crippen LogP contribution in [0.5, 0.6) is 0 Å². The van der Waals surface area contributed by atoms with Gasteiger partial charge in [-0.1, -0.05) is 34.1 Å². The van der Waals surface area contributed by atoms with Crippen LogP contribution in [0, 0.1) is 0 Å². The summed E-state index contributed by atoms with van der Waals surface area (Å²) >= 11 is 3.53. The molecule has 1 fully saturated rings. The Labute approximate surface area is 138 Å². The van der Waals surface area contributed by atoms with Gasteiger partial charge in [-0.15, -0.1) is 0 Å². The van der Waals surface area contributed by atoms with Crippen LogP contribution in [0.1, 0.15) is 0 Å². The highest BCUT2D eigenvalue weighted by Gasteiger charge is 2.18. The molecule has 0 amide bonds. The molecule has 1 aliphatic rings. The molecule has 0 atom stereocenters. The molecule has 1 aliphatic heterocycles. The Bertz CT molecular complexity index is 786. The van der Waals surface area contributed by atoms with Crippen molar-refractivity contribution >= 4 is 32.7 Å².